The summed E-state index contributed by atoms with van der Waals surface area (Å²) in [7, 11) is 0. The molecule has 0 aliphatic heterocycles. The third-order valence-electron chi connectivity index (χ3n) is 4.20. The largest absolute Gasteiger partial charge is 0.310 e. The van der Waals surface area contributed by atoms with Crippen molar-refractivity contribution in [1.82, 2.24) is 10.2 Å². The molecule has 2 nitrogen and oxygen atoms in total. The molecule has 0 spiro atoms. The van der Waals surface area contributed by atoms with Gasteiger partial charge in [0.05, 0.1) is 6.54 Å². The zero-order chi connectivity index (χ0) is 14.7. The van der Waals surface area contributed by atoms with Gasteiger partial charge in [0.2, 0.25) is 0 Å². The predicted molar refractivity (Wildman–Crippen MR) is 83.1 cm³/mol. The molecule has 2 fully saturated rings. The van der Waals surface area contributed by atoms with Gasteiger partial charge >= 0.3 is 0 Å². The van der Waals surface area contributed by atoms with Crippen molar-refractivity contribution < 1.29 is 4.39 Å². The molecule has 21 heavy (non-hydrogen) atoms. The quantitative estimate of drug-likeness (QED) is 0.739. The minimum Gasteiger partial charge on any atom is -0.310 e. The van der Waals surface area contributed by atoms with Gasteiger partial charge in [-0.1, -0.05) is 18.1 Å². The number of hydrogen-bond donors (Lipinski definition) is 1. The highest BCUT2D eigenvalue weighted by Crippen LogP contribution is 2.30. The van der Waals surface area contributed by atoms with E-state index in [1.807, 2.05) is 12.1 Å². The van der Waals surface area contributed by atoms with Gasteiger partial charge < -0.3 is 5.32 Å². The van der Waals surface area contributed by atoms with E-state index < -0.39 is 0 Å². The van der Waals surface area contributed by atoms with Crippen molar-refractivity contribution in [2.75, 3.05) is 13.1 Å². The molecule has 2 aliphatic carbocycles. The van der Waals surface area contributed by atoms with Crippen molar-refractivity contribution in [1.29, 1.82) is 0 Å². The van der Waals surface area contributed by atoms with Crippen LogP contribution in [0.5, 0.6) is 0 Å². The number of nitrogens with one attached hydrogen (secondary N) is 1. The molecule has 1 aromatic carbocycles. The first-order valence-corrected chi connectivity index (χ1v) is 7.91. The average Bonchev–Trinajstić information content (AvgIpc) is 3.34. The molecular weight excluding hydrogens is 263 g/mol. The second kappa shape index (κ2) is 6.60. The van der Waals surface area contributed by atoms with Crippen LogP contribution in [0.25, 0.3) is 0 Å². The second-order valence-electron chi connectivity index (χ2n) is 6.40. The maximum Gasteiger partial charge on any atom is 0.127 e. The first-order valence-electron chi connectivity index (χ1n) is 7.91. The number of terminal acetylenes is 1. The van der Waals surface area contributed by atoms with E-state index >= 15 is 0 Å². The highest BCUT2D eigenvalue weighted by Gasteiger charge is 2.24. The van der Waals surface area contributed by atoms with Crippen LogP contribution in [0.15, 0.2) is 18.2 Å². The molecule has 3 rings (SSSR count). The van der Waals surface area contributed by atoms with Crippen molar-refractivity contribution >= 4 is 0 Å². The van der Waals surface area contributed by atoms with Gasteiger partial charge in [0, 0.05) is 31.2 Å². The Morgan fingerprint density at radius 1 is 1.29 bits per heavy atom. The van der Waals surface area contributed by atoms with E-state index in [9.17, 15) is 4.39 Å². The van der Waals surface area contributed by atoms with Crippen LogP contribution in [0, 0.1) is 24.1 Å². The van der Waals surface area contributed by atoms with Crippen LogP contribution in [0.4, 0.5) is 4.39 Å². The normalized spacial score (nSPS) is 18.0. The van der Waals surface area contributed by atoms with Crippen LogP contribution < -0.4 is 5.32 Å². The third-order valence-corrected chi connectivity index (χ3v) is 4.20. The van der Waals surface area contributed by atoms with E-state index in [4.69, 9.17) is 6.42 Å². The molecule has 0 heterocycles. The molecule has 0 radical (unpaired) electrons. The van der Waals surface area contributed by atoms with Gasteiger partial charge in [0.1, 0.15) is 5.82 Å². The van der Waals surface area contributed by atoms with E-state index in [-0.39, 0.29) is 5.82 Å². The van der Waals surface area contributed by atoms with Crippen molar-refractivity contribution in [2.24, 2.45) is 5.92 Å². The molecule has 0 amide bonds. The highest BCUT2D eigenvalue weighted by molar-refractivity contribution is 5.25. The van der Waals surface area contributed by atoms with Gasteiger partial charge in [-0.25, -0.2) is 4.39 Å². The molecular formula is C18H23FN2. The molecule has 1 N–H and O–H groups in total. The molecule has 0 bridgehead atoms. The fourth-order valence-corrected chi connectivity index (χ4v) is 2.63. The van der Waals surface area contributed by atoms with Crippen LogP contribution in [-0.2, 0) is 13.1 Å². The predicted octanol–water partition coefficient (Wildman–Crippen LogP) is 2.92. The molecule has 0 saturated heterocycles. The Hall–Kier alpha value is -1.37. The number of rotatable bonds is 8. The van der Waals surface area contributed by atoms with Gasteiger partial charge in [-0.15, -0.1) is 6.42 Å². The summed E-state index contributed by atoms with van der Waals surface area (Å²) in [5, 5.41) is 3.47. The lowest BCUT2D eigenvalue weighted by molar-refractivity contribution is 0.282. The summed E-state index contributed by atoms with van der Waals surface area (Å²) >= 11 is 0. The zero-order valence-electron chi connectivity index (χ0n) is 12.4. The summed E-state index contributed by atoms with van der Waals surface area (Å²) in [5.74, 6) is 3.34. The van der Waals surface area contributed by atoms with Gasteiger partial charge in [0.15, 0.2) is 0 Å². The van der Waals surface area contributed by atoms with E-state index in [0.717, 1.165) is 30.1 Å². The van der Waals surface area contributed by atoms with Gasteiger partial charge in [-0.3, -0.25) is 4.90 Å². The van der Waals surface area contributed by atoms with Crippen molar-refractivity contribution in [2.45, 2.75) is 44.8 Å². The smallest absolute Gasteiger partial charge is 0.127 e. The van der Waals surface area contributed by atoms with Gasteiger partial charge in [0.25, 0.3) is 0 Å². The summed E-state index contributed by atoms with van der Waals surface area (Å²) in [6, 6.07) is 6.12. The monoisotopic (exact) mass is 286 g/mol. The lowest BCUT2D eigenvalue weighted by atomic mass is 10.1. The van der Waals surface area contributed by atoms with Crippen LogP contribution in [0.2, 0.25) is 0 Å². The van der Waals surface area contributed by atoms with E-state index in [1.54, 1.807) is 6.07 Å². The zero-order valence-corrected chi connectivity index (χ0v) is 12.4. The summed E-state index contributed by atoms with van der Waals surface area (Å²) in [6.45, 7) is 3.04. The third kappa shape index (κ3) is 4.56. The number of benzene rings is 1. The Bertz CT molecular complexity index is 527. The average molecular weight is 286 g/mol. The topological polar surface area (TPSA) is 15.3 Å². The van der Waals surface area contributed by atoms with Crippen molar-refractivity contribution in [3.05, 3.63) is 35.1 Å². The van der Waals surface area contributed by atoms with Crippen LogP contribution >= 0.6 is 0 Å². The van der Waals surface area contributed by atoms with Crippen molar-refractivity contribution in [3.8, 4) is 12.3 Å². The first-order chi connectivity index (χ1) is 10.2. The Labute approximate surface area is 126 Å². The number of halogens is 1. The molecule has 0 aromatic heterocycles. The van der Waals surface area contributed by atoms with Crippen LogP contribution in [0.1, 0.15) is 36.8 Å². The number of hydrogen-bond acceptors (Lipinski definition) is 2. The van der Waals surface area contributed by atoms with Crippen LogP contribution in [0.3, 0.4) is 0 Å². The van der Waals surface area contributed by atoms with Gasteiger partial charge in [-0.05, 0) is 43.2 Å². The molecule has 0 atom stereocenters. The first kappa shape index (κ1) is 14.6. The maximum atomic E-state index is 14.0. The molecule has 2 saturated carbocycles. The van der Waals surface area contributed by atoms with Crippen molar-refractivity contribution in [3.63, 3.8) is 0 Å². The minimum atomic E-state index is -0.122. The minimum absolute atomic E-state index is 0.122. The molecule has 2 aliphatic rings. The van der Waals surface area contributed by atoms with Crippen LogP contribution in [-0.4, -0.2) is 24.0 Å². The van der Waals surface area contributed by atoms with Gasteiger partial charge in [-0.2, -0.15) is 0 Å². The Kier molecular flexibility index (Phi) is 4.57. The van der Waals surface area contributed by atoms with E-state index in [2.05, 4.69) is 16.1 Å². The fraction of sp³-hybridized carbons (Fsp3) is 0.556. The van der Waals surface area contributed by atoms with E-state index in [0.29, 0.717) is 19.1 Å². The highest BCUT2D eigenvalue weighted by atomic mass is 19.1. The summed E-state index contributed by atoms with van der Waals surface area (Å²) in [4.78, 5) is 2.19. The maximum absolute atomic E-state index is 14.0. The lowest BCUT2D eigenvalue weighted by Gasteiger charge is -2.20. The van der Waals surface area contributed by atoms with E-state index in [1.165, 1.54) is 25.7 Å². The fourth-order valence-electron chi connectivity index (χ4n) is 2.63. The molecule has 3 heteroatoms. The lowest BCUT2D eigenvalue weighted by Crippen LogP contribution is -2.26. The molecule has 0 unspecified atom stereocenters. The Morgan fingerprint density at radius 3 is 2.76 bits per heavy atom. The summed E-state index contributed by atoms with van der Waals surface area (Å²) in [6.07, 6.45) is 10.6. The SMILES string of the molecule is C#CCN(Cc1cc(CNC2CC2)ccc1F)CC1CC1. The summed E-state index contributed by atoms with van der Waals surface area (Å²) in [5.41, 5.74) is 1.92. The number of nitrogens with zero attached hydrogens (tertiary/aromatic N) is 1. The molecule has 1 aromatic rings. The second-order valence-corrected chi connectivity index (χ2v) is 6.40. The molecule has 112 valence electrons. The Morgan fingerprint density at radius 2 is 2.10 bits per heavy atom. The summed E-state index contributed by atoms with van der Waals surface area (Å²) < 4.78 is 14.0. The Balaban J connectivity index is 1.63. The standard InChI is InChI=1S/C18H23FN2/c1-2-9-21(12-14-3-4-14)13-16-10-15(5-8-18(16)19)11-20-17-6-7-17/h1,5,8,10,14,17,20H,3-4,6-7,9,11-13H2.